The summed E-state index contributed by atoms with van der Waals surface area (Å²) in [7, 11) is 0. The molecular formula is C16H18BrNO. The lowest BCUT2D eigenvalue weighted by Crippen LogP contribution is -2.09. The second-order valence-electron chi connectivity index (χ2n) is 4.66. The summed E-state index contributed by atoms with van der Waals surface area (Å²) in [5, 5.41) is 13.2. The van der Waals surface area contributed by atoms with Crippen LogP contribution in [-0.2, 0) is 0 Å². The first kappa shape index (κ1) is 13.9. The number of benzene rings is 2. The summed E-state index contributed by atoms with van der Waals surface area (Å²) in [5.41, 5.74) is 3.06. The normalized spacial score (nSPS) is 12.2. The van der Waals surface area contributed by atoms with Crippen LogP contribution in [0, 0.1) is 6.92 Å². The van der Waals surface area contributed by atoms with Gasteiger partial charge in [0.15, 0.2) is 0 Å². The maximum Gasteiger partial charge on any atom is 0.120 e. The van der Waals surface area contributed by atoms with Gasteiger partial charge in [-0.25, -0.2) is 0 Å². The van der Waals surface area contributed by atoms with Crippen LogP contribution in [0.1, 0.15) is 30.5 Å². The van der Waals surface area contributed by atoms with Gasteiger partial charge in [0.2, 0.25) is 0 Å². The number of nitrogens with one attached hydrogen (secondary N) is 1. The van der Waals surface area contributed by atoms with E-state index in [9.17, 15) is 5.11 Å². The number of phenolic OH excluding ortho intramolecular Hbond substituents is 1. The molecular weight excluding hydrogens is 302 g/mol. The Balaban J connectivity index is 2.21. The summed E-state index contributed by atoms with van der Waals surface area (Å²) in [5.74, 6) is 0.328. The fourth-order valence-electron chi connectivity index (χ4n) is 2.04. The third-order valence-corrected chi connectivity index (χ3v) is 3.70. The van der Waals surface area contributed by atoms with Crippen LogP contribution in [0.15, 0.2) is 46.9 Å². The number of phenols is 1. The van der Waals surface area contributed by atoms with E-state index in [4.69, 9.17) is 0 Å². The number of aryl methyl sites for hydroxylation is 1. The van der Waals surface area contributed by atoms with Crippen molar-refractivity contribution in [3.05, 3.63) is 58.1 Å². The summed E-state index contributed by atoms with van der Waals surface area (Å²) in [6, 6.07) is 14.2. The van der Waals surface area contributed by atoms with E-state index in [0.717, 1.165) is 22.1 Å². The van der Waals surface area contributed by atoms with Crippen LogP contribution in [0.3, 0.4) is 0 Å². The zero-order chi connectivity index (χ0) is 13.8. The molecule has 0 amide bonds. The van der Waals surface area contributed by atoms with Gasteiger partial charge in [0.25, 0.3) is 0 Å². The van der Waals surface area contributed by atoms with Crippen LogP contribution in [0.5, 0.6) is 5.75 Å². The van der Waals surface area contributed by atoms with Gasteiger partial charge in [-0.3, -0.25) is 0 Å². The maximum absolute atomic E-state index is 9.75. The van der Waals surface area contributed by atoms with Crippen LogP contribution in [0.25, 0.3) is 0 Å². The fourth-order valence-corrected chi connectivity index (χ4v) is 2.46. The quantitative estimate of drug-likeness (QED) is 0.828. The van der Waals surface area contributed by atoms with E-state index in [1.54, 1.807) is 6.07 Å². The summed E-state index contributed by atoms with van der Waals surface area (Å²) >= 11 is 3.50. The molecule has 0 aromatic heterocycles. The zero-order valence-electron chi connectivity index (χ0n) is 11.2. The molecule has 0 saturated heterocycles. The molecule has 1 atom stereocenters. The van der Waals surface area contributed by atoms with E-state index in [-0.39, 0.29) is 6.04 Å². The third kappa shape index (κ3) is 3.51. The van der Waals surface area contributed by atoms with Gasteiger partial charge in [-0.2, -0.15) is 0 Å². The van der Waals surface area contributed by atoms with Crippen LogP contribution >= 0.6 is 15.9 Å². The van der Waals surface area contributed by atoms with Gasteiger partial charge in [-0.15, -0.1) is 0 Å². The molecule has 100 valence electrons. The molecule has 2 N–H and O–H groups in total. The second kappa shape index (κ2) is 6.11. The molecule has 19 heavy (non-hydrogen) atoms. The highest BCUT2D eigenvalue weighted by Crippen LogP contribution is 2.27. The Labute approximate surface area is 122 Å². The van der Waals surface area contributed by atoms with E-state index in [1.807, 2.05) is 31.2 Å². The van der Waals surface area contributed by atoms with Crippen LogP contribution in [0.4, 0.5) is 5.69 Å². The molecule has 0 bridgehead atoms. The van der Waals surface area contributed by atoms with Crippen molar-refractivity contribution in [3.8, 4) is 5.75 Å². The Hall–Kier alpha value is -1.48. The zero-order valence-corrected chi connectivity index (χ0v) is 12.7. The first-order valence-corrected chi connectivity index (χ1v) is 7.21. The van der Waals surface area contributed by atoms with Crippen molar-refractivity contribution < 1.29 is 5.11 Å². The first-order chi connectivity index (χ1) is 9.10. The van der Waals surface area contributed by atoms with E-state index in [2.05, 4.69) is 40.3 Å². The van der Waals surface area contributed by atoms with Crippen molar-refractivity contribution in [2.75, 3.05) is 5.32 Å². The molecule has 0 heterocycles. The number of rotatable bonds is 4. The molecule has 2 aromatic carbocycles. The Morgan fingerprint density at radius 3 is 2.63 bits per heavy atom. The maximum atomic E-state index is 9.75. The summed E-state index contributed by atoms with van der Waals surface area (Å²) in [6.07, 6.45) is 0.977. The molecule has 2 nitrogen and oxygen atoms in total. The van der Waals surface area contributed by atoms with Crippen molar-refractivity contribution in [2.45, 2.75) is 26.3 Å². The van der Waals surface area contributed by atoms with Crippen LogP contribution < -0.4 is 5.32 Å². The minimum Gasteiger partial charge on any atom is -0.508 e. The Morgan fingerprint density at radius 1 is 1.21 bits per heavy atom. The van der Waals surface area contributed by atoms with Crippen molar-refractivity contribution in [2.24, 2.45) is 0 Å². The molecule has 3 heteroatoms. The average molecular weight is 320 g/mol. The van der Waals surface area contributed by atoms with Gasteiger partial charge in [-0.1, -0.05) is 41.1 Å². The molecule has 1 unspecified atom stereocenters. The van der Waals surface area contributed by atoms with Gasteiger partial charge < -0.3 is 10.4 Å². The highest BCUT2D eigenvalue weighted by atomic mass is 79.9. The van der Waals surface area contributed by atoms with Gasteiger partial charge in [-0.05, 0) is 42.7 Å². The number of anilines is 1. The lowest BCUT2D eigenvalue weighted by atomic mass is 10.0. The SMILES string of the molecule is CCC(Nc1ccc(C)c(O)c1)c1cccc(Br)c1. The van der Waals surface area contributed by atoms with Gasteiger partial charge in [0.05, 0.1) is 6.04 Å². The minimum atomic E-state index is 0.236. The second-order valence-corrected chi connectivity index (χ2v) is 5.58. The fraction of sp³-hybridized carbons (Fsp3) is 0.250. The van der Waals surface area contributed by atoms with Crippen LogP contribution in [-0.4, -0.2) is 5.11 Å². The standard InChI is InChI=1S/C16H18BrNO/c1-3-15(12-5-4-6-13(17)9-12)18-14-8-7-11(2)16(19)10-14/h4-10,15,18-19H,3H2,1-2H3. The Kier molecular flexibility index (Phi) is 4.48. The molecule has 2 aromatic rings. The lowest BCUT2D eigenvalue weighted by molar-refractivity contribution is 0.471. The van der Waals surface area contributed by atoms with Crippen molar-refractivity contribution >= 4 is 21.6 Å². The predicted octanol–water partition coefficient (Wildman–Crippen LogP) is 5.03. The monoisotopic (exact) mass is 319 g/mol. The molecule has 0 spiro atoms. The Morgan fingerprint density at radius 2 is 2.00 bits per heavy atom. The topological polar surface area (TPSA) is 32.3 Å². The molecule has 0 aliphatic rings. The Bertz CT molecular complexity index is 568. The molecule has 2 rings (SSSR count). The highest BCUT2D eigenvalue weighted by Gasteiger charge is 2.10. The van der Waals surface area contributed by atoms with Crippen molar-refractivity contribution in [1.82, 2.24) is 0 Å². The largest absolute Gasteiger partial charge is 0.508 e. The van der Waals surface area contributed by atoms with Gasteiger partial charge in [0.1, 0.15) is 5.75 Å². The van der Waals surface area contributed by atoms with E-state index >= 15 is 0 Å². The van der Waals surface area contributed by atoms with Crippen molar-refractivity contribution in [3.63, 3.8) is 0 Å². The molecule has 0 aliphatic carbocycles. The van der Waals surface area contributed by atoms with E-state index in [0.29, 0.717) is 5.75 Å². The highest BCUT2D eigenvalue weighted by molar-refractivity contribution is 9.10. The lowest BCUT2D eigenvalue weighted by Gasteiger charge is -2.19. The van der Waals surface area contributed by atoms with E-state index < -0.39 is 0 Å². The van der Waals surface area contributed by atoms with Crippen LogP contribution in [0.2, 0.25) is 0 Å². The molecule has 0 saturated carbocycles. The third-order valence-electron chi connectivity index (χ3n) is 3.21. The summed E-state index contributed by atoms with van der Waals surface area (Å²) < 4.78 is 1.08. The summed E-state index contributed by atoms with van der Waals surface area (Å²) in [6.45, 7) is 4.04. The molecule has 0 fully saturated rings. The number of hydrogen-bond donors (Lipinski definition) is 2. The predicted molar refractivity (Wildman–Crippen MR) is 83.6 cm³/mol. The van der Waals surface area contributed by atoms with E-state index in [1.165, 1.54) is 5.56 Å². The number of hydrogen-bond acceptors (Lipinski definition) is 2. The molecule has 0 aliphatic heterocycles. The van der Waals surface area contributed by atoms with Gasteiger partial charge in [0, 0.05) is 16.2 Å². The number of halogens is 1. The van der Waals surface area contributed by atoms with Crippen molar-refractivity contribution in [1.29, 1.82) is 0 Å². The smallest absolute Gasteiger partial charge is 0.120 e. The molecule has 0 radical (unpaired) electrons. The minimum absolute atomic E-state index is 0.236. The van der Waals surface area contributed by atoms with Gasteiger partial charge >= 0.3 is 0 Å². The summed E-state index contributed by atoms with van der Waals surface area (Å²) in [4.78, 5) is 0. The first-order valence-electron chi connectivity index (χ1n) is 6.41. The number of aromatic hydroxyl groups is 1. The average Bonchev–Trinajstić information content (AvgIpc) is 2.40.